The molecule has 1 heterocycles. The van der Waals surface area contributed by atoms with Crippen molar-refractivity contribution in [2.75, 3.05) is 11.1 Å². The Bertz CT molecular complexity index is 646. The van der Waals surface area contributed by atoms with Gasteiger partial charge in [-0.05, 0) is 36.8 Å². The van der Waals surface area contributed by atoms with Gasteiger partial charge in [-0.3, -0.25) is 4.79 Å². The Hall–Kier alpha value is -2.14. The first-order valence-corrected chi connectivity index (χ1v) is 5.84. The highest BCUT2D eigenvalue weighted by molar-refractivity contribution is 6.34. The maximum Gasteiger partial charge on any atom is 0.275 e. The van der Waals surface area contributed by atoms with Gasteiger partial charge in [0.2, 0.25) is 0 Å². The van der Waals surface area contributed by atoms with E-state index in [1.165, 1.54) is 24.3 Å². The maximum absolute atomic E-state index is 13.5. The number of aryl methyl sites for hydroxylation is 1. The van der Waals surface area contributed by atoms with Crippen molar-refractivity contribution in [3.63, 3.8) is 0 Å². The van der Waals surface area contributed by atoms with Crippen molar-refractivity contribution < 1.29 is 9.18 Å². The lowest BCUT2D eigenvalue weighted by Gasteiger charge is -2.08. The predicted molar refractivity (Wildman–Crippen MR) is 72.7 cm³/mol. The van der Waals surface area contributed by atoms with Crippen LogP contribution in [0.15, 0.2) is 30.3 Å². The second-order valence-electron chi connectivity index (χ2n) is 4.00. The number of nitrogens with two attached hydrogens (primary N) is 1. The van der Waals surface area contributed by atoms with E-state index in [-0.39, 0.29) is 22.2 Å². The lowest BCUT2D eigenvalue weighted by molar-refractivity contribution is 0.102. The number of nitrogens with zero attached hydrogens (tertiary/aromatic N) is 1. The van der Waals surface area contributed by atoms with Crippen LogP contribution >= 0.6 is 11.6 Å². The highest BCUT2D eigenvalue weighted by Gasteiger charge is 2.14. The summed E-state index contributed by atoms with van der Waals surface area (Å²) in [5.41, 5.74) is 6.35. The van der Waals surface area contributed by atoms with Gasteiger partial charge in [0.05, 0.1) is 10.7 Å². The molecule has 0 atom stereocenters. The summed E-state index contributed by atoms with van der Waals surface area (Å²) in [5.74, 6) is -0.972. The summed E-state index contributed by atoms with van der Waals surface area (Å²) < 4.78 is 13.5. The third-order valence-electron chi connectivity index (χ3n) is 2.45. The van der Waals surface area contributed by atoms with Crippen LogP contribution in [0.1, 0.15) is 16.1 Å². The second kappa shape index (κ2) is 5.24. The van der Waals surface area contributed by atoms with Crippen LogP contribution in [0.25, 0.3) is 0 Å². The lowest BCUT2D eigenvalue weighted by atomic mass is 10.2. The highest BCUT2D eigenvalue weighted by Crippen LogP contribution is 2.19. The molecule has 2 aromatic rings. The van der Waals surface area contributed by atoms with E-state index in [9.17, 15) is 9.18 Å². The van der Waals surface area contributed by atoms with Crippen molar-refractivity contribution in [3.8, 4) is 0 Å². The standard InChI is InChI=1S/C13H11ClFN3O/c1-7-2-4-9(15)10(6-7)17-13(19)12-8(14)3-5-11(16)18-12/h2-6H,1H3,(H2,16,18)(H,17,19). The molecule has 4 nitrogen and oxygen atoms in total. The highest BCUT2D eigenvalue weighted by atomic mass is 35.5. The van der Waals surface area contributed by atoms with Crippen molar-refractivity contribution in [1.29, 1.82) is 0 Å². The van der Waals surface area contributed by atoms with E-state index in [4.69, 9.17) is 17.3 Å². The number of hydrogen-bond donors (Lipinski definition) is 2. The van der Waals surface area contributed by atoms with Crippen LogP contribution in [0.4, 0.5) is 15.9 Å². The fourth-order valence-electron chi connectivity index (χ4n) is 1.53. The van der Waals surface area contributed by atoms with E-state index in [0.29, 0.717) is 0 Å². The molecule has 0 saturated carbocycles. The molecule has 0 aliphatic carbocycles. The molecule has 1 amide bonds. The summed E-state index contributed by atoms with van der Waals surface area (Å²) in [5, 5.41) is 2.57. The Balaban J connectivity index is 2.30. The first-order valence-electron chi connectivity index (χ1n) is 5.47. The van der Waals surface area contributed by atoms with Gasteiger partial charge >= 0.3 is 0 Å². The first-order chi connectivity index (χ1) is 8.97. The summed E-state index contributed by atoms with van der Waals surface area (Å²) in [6.07, 6.45) is 0. The zero-order valence-corrected chi connectivity index (χ0v) is 10.8. The van der Waals surface area contributed by atoms with Crippen molar-refractivity contribution in [2.24, 2.45) is 0 Å². The normalized spacial score (nSPS) is 10.3. The number of carbonyl (C=O) groups excluding carboxylic acids is 1. The average molecular weight is 280 g/mol. The second-order valence-corrected chi connectivity index (χ2v) is 4.41. The molecule has 0 fully saturated rings. The van der Waals surface area contributed by atoms with Crippen LogP contribution in [-0.2, 0) is 0 Å². The Labute approximate surface area is 114 Å². The summed E-state index contributed by atoms with van der Waals surface area (Å²) in [6, 6.07) is 7.35. The zero-order valence-electron chi connectivity index (χ0n) is 10.1. The molecule has 19 heavy (non-hydrogen) atoms. The molecule has 1 aromatic carbocycles. The fourth-order valence-corrected chi connectivity index (χ4v) is 1.72. The quantitative estimate of drug-likeness (QED) is 0.888. The van der Waals surface area contributed by atoms with Gasteiger partial charge in [-0.1, -0.05) is 17.7 Å². The maximum atomic E-state index is 13.5. The van der Waals surface area contributed by atoms with Crippen LogP contribution in [0.3, 0.4) is 0 Å². The number of anilines is 2. The van der Waals surface area contributed by atoms with Crippen LogP contribution < -0.4 is 11.1 Å². The summed E-state index contributed by atoms with van der Waals surface area (Å²) in [4.78, 5) is 15.8. The Morgan fingerprint density at radius 2 is 2.11 bits per heavy atom. The van der Waals surface area contributed by atoms with Gasteiger partial charge < -0.3 is 11.1 Å². The monoisotopic (exact) mass is 279 g/mol. The van der Waals surface area contributed by atoms with E-state index < -0.39 is 11.7 Å². The van der Waals surface area contributed by atoms with Crippen molar-refractivity contribution >= 4 is 29.0 Å². The van der Waals surface area contributed by atoms with Gasteiger partial charge in [0, 0.05) is 0 Å². The summed E-state index contributed by atoms with van der Waals surface area (Å²) in [6.45, 7) is 1.79. The molecule has 0 spiro atoms. The Morgan fingerprint density at radius 1 is 1.37 bits per heavy atom. The third kappa shape index (κ3) is 3.00. The number of pyridine rings is 1. The minimum Gasteiger partial charge on any atom is -0.384 e. The molecule has 0 radical (unpaired) electrons. The molecule has 0 unspecified atom stereocenters. The number of aromatic nitrogens is 1. The molecule has 0 aliphatic rings. The molecule has 0 saturated heterocycles. The van der Waals surface area contributed by atoms with E-state index in [1.54, 1.807) is 13.0 Å². The molecular weight excluding hydrogens is 269 g/mol. The summed E-state index contributed by atoms with van der Waals surface area (Å²) >= 11 is 5.86. The van der Waals surface area contributed by atoms with Crippen molar-refractivity contribution in [1.82, 2.24) is 4.98 Å². The van der Waals surface area contributed by atoms with Gasteiger partial charge in [0.1, 0.15) is 17.3 Å². The van der Waals surface area contributed by atoms with Crippen LogP contribution in [0, 0.1) is 12.7 Å². The number of nitrogens with one attached hydrogen (secondary N) is 1. The van der Waals surface area contributed by atoms with Gasteiger partial charge in [0.25, 0.3) is 5.91 Å². The number of nitrogen functional groups attached to an aromatic ring is 1. The number of halogens is 2. The number of carbonyl (C=O) groups is 1. The average Bonchev–Trinajstić information content (AvgIpc) is 2.36. The minimum atomic E-state index is -0.609. The SMILES string of the molecule is Cc1ccc(F)c(NC(=O)c2nc(N)ccc2Cl)c1. The molecule has 3 N–H and O–H groups in total. The van der Waals surface area contributed by atoms with E-state index in [0.717, 1.165) is 5.56 Å². The van der Waals surface area contributed by atoms with E-state index in [2.05, 4.69) is 10.3 Å². The van der Waals surface area contributed by atoms with Gasteiger partial charge in [-0.2, -0.15) is 0 Å². The molecular formula is C13H11ClFN3O. The molecule has 98 valence electrons. The fraction of sp³-hybridized carbons (Fsp3) is 0.0769. The van der Waals surface area contributed by atoms with Gasteiger partial charge in [0.15, 0.2) is 0 Å². The first kappa shape index (κ1) is 13.3. The Morgan fingerprint density at radius 3 is 2.84 bits per heavy atom. The van der Waals surface area contributed by atoms with Crippen molar-refractivity contribution in [3.05, 3.63) is 52.4 Å². The van der Waals surface area contributed by atoms with E-state index >= 15 is 0 Å². The lowest BCUT2D eigenvalue weighted by Crippen LogP contribution is -2.16. The molecule has 6 heteroatoms. The zero-order chi connectivity index (χ0) is 14.0. The number of rotatable bonds is 2. The van der Waals surface area contributed by atoms with Crippen LogP contribution in [-0.4, -0.2) is 10.9 Å². The van der Waals surface area contributed by atoms with Crippen LogP contribution in [0.2, 0.25) is 5.02 Å². The Kier molecular flexibility index (Phi) is 3.66. The predicted octanol–water partition coefficient (Wildman–Crippen LogP) is 3.02. The number of benzene rings is 1. The van der Waals surface area contributed by atoms with Gasteiger partial charge in [-0.15, -0.1) is 0 Å². The van der Waals surface area contributed by atoms with Crippen LogP contribution in [0.5, 0.6) is 0 Å². The van der Waals surface area contributed by atoms with Crippen molar-refractivity contribution in [2.45, 2.75) is 6.92 Å². The minimum absolute atomic E-state index is 0.0393. The van der Waals surface area contributed by atoms with Gasteiger partial charge in [-0.25, -0.2) is 9.37 Å². The molecule has 2 rings (SSSR count). The molecule has 1 aromatic heterocycles. The summed E-state index contributed by atoms with van der Waals surface area (Å²) in [7, 11) is 0. The molecule has 0 aliphatic heterocycles. The largest absolute Gasteiger partial charge is 0.384 e. The topological polar surface area (TPSA) is 68.0 Å². The third-order valence-corrected chi connectivity index (χ3v) is 2.76. The molecule has 0 bridgehead atoms. The number of hydrogen-bond acceptors (Lipinski definition) is 3. The smallest absolute Gasteiger partial charge is 0.275 e. The number of amides is 1. The van der Waals surface area contributed by atoms with E-state index in [1.807, 2.05) is 0 Å².